The number of amides is 1. The van der Waals surface area contributed by atoms with E-state index < -0.39 is 6.04 Å². The summed E-state index contributed by atoms with van der Waals surface area (Å²) in [6.07, 6.45) is 0.668. The molecule has 3 nitrogen and oxygen atoms in total. The molecule has 1 atom stereocenters. The maximum absolute atomic E-state index is 12.1. The van der Waals surface area contributed by atoms with Crippen molar-refractivity contribution in [3.63, 3.8) is 0 Å². The fourth-order valence-electron chi connectivity index (χ4n) is 1.69. The molecule has 0 heterocycles. The zero-order valence-electron chi connectivity index (χ0n) is 10.2. The van der Waals surface area contributed by atoms with E-state index in [9.17, 15) is 4.79 Å². The van der Waals surface area contributed by atoms with Crippen molar-refractivity contribution < 1.29 is 4.79 Å². The Morgan fingerprint density at radius 1 is 1.38 bits per heavy atom. The molecule has 0 fully saturated rings. The average Bonchev–Trinajstić information content (AvgIpc) is 2.31. The monoisotopic (exact) mass is 220 g/mol. The first-order chi connectivity index (χ1) is 7.61. The third kappa shape index (κ3) is 2.61. The van der Waals surface area contributed by atoms with Crippen LogP contribution >= 0.6 is 0 Å². The van der Waals surface area contributed by atoms with Gasteiger partial charge in [-0.05, 0) is 31.9 Å². The number of hydrogen-bond acceptors (Lipinski definition) is 2. The van der Waals surface area contributed by atoms with Crippen molar-refractivity contribution >= 4 is 11.6 Å². The van der Waals surface area contributed by atoms with Gasteiger partial charge < -0.3 is 10.6 Å². The van der Waals surface area contributed by atoms with Gasteiger partial charge in [-0.1, -0.05) is 25.1 Å². The van der Waals surface area contributed by atoms with E-state index in [0.717, 1.165) is 11.3 Å². The molecule has 2 N–H and O–H groups in total. The molecule has 0 saturated carbocycles. The van der Waals surface area contributed by atoms with Gasteiger partial charge in [0.2, 0.25) is 5.91 Å². The van der Waals surface area contributed by atoms with Crippen molar-refractivity contribution in [1.29, 1.82) is 0 Å². The van der Waals surface area contributed by atoms with Crippen LogP contribution in [-0.2, 0) is 4.79 Å². The lowest BCUT2D eigenvalue weighted by Gasteiger charge is -2.25. The topological polar surface area (TPSA) is 46.3 Å². The van der Waals surface area contributed by atoms with Gasteiger partial charge in [0.1, 0.15) is 0 Å². The molecular formula is C13H20N2O. The molecule has 0 aromatic heterocycles. The van der Waals surface area contributed by atoms with Gasteiger partial charge in [-0.3, -0.25) is 4.79 Å². The molecule has 1 aromatic rings. The molecule has 1 rings (SSSR count). The summed E-state index contributed by atoms with van der Waals surface area (Å²) in [7, 11) is 0. The molecule has 0 aliphatic carbocycles. The van der Waals surface area contributed by atoms with Crippen LogP contribution in [0, 0.1) is 6.92 Å². The Bertz CT molecular complexity index is 363. The van der Waals surface area contributed by atoms with Crippen LogP contribution < -0.4 is 10.6 Å². The number of para-hydroxylation sites is 1. The highest BCUT2D eigenvalue weighted by atomic mass is 16.2. The molecule has 0 bridgehead atoms. The van der Waals surface area contributed by atoms with Crippen LogP contribution in [0.25, 0.3) is 0 Å². The highest BCUT2D eigenvalue weighted by Gasteiger charge is 2.20. The van der Waals surface area contributed by atoms with Crippen molar-refractivity contribution in [2.75, 3.05) is 11.4 Å². The minimum absolute atomic E-state index is 0.000648. The fourth-order valence-corrected chi connectivity index (χ4v) is 1.69. The van der Waals surface area contributed by atoms with Gasteiger partial charge in [0.25, 0.3) is 0 Å². The van der Waals surface area contributed by atoms with Crippen molar-refractivity contribution in [1.82, 2.24) is 0 Å². The summed E-state index contributed by atoms with van der Waals surface area (Å²) >= 11 is 0. The number of hydrogen-bond donors (Lipinski definition) is 1. The summed E-state index contributed by atoms with van der Waals surface area (Å²) in [5.74, 6) is -0.000648. The molecule has 0 aliphatic rings. The maximum Gasteiger partial charge on any atom is 0.243 e. The van der Waals surface area contributed by atoms with Gasteiger partial charge in [0.15, 0.2) is 0 Å². The molecule has 3 heteroatoms. The van der Waals surface area contributed by atoms with Gasteiger partial charge in [-0.25, -0.2) is 0 Å². The molecular weight excluding hydrogens is 200 g/mol. The molecule has 0 spiro atoms. The number of carbonyl (C=O) groups is 1. The van der Waals surface area contributed by atoms with Crippen LogP contribution in [0.5, 0.6) is 0 Å². The summed E-state index contributed by atoms with van der Waals surface area (Å²) in [6, 6.07) is 7.47. The molecule has 0 aliphatic heterocycles. The van der Waals surface area contributed by atoms with Gasteiger partial charge in [0.05, 0.1) is 6.04 Å². The minimum Gasteiger partial charge on any atom is -0.320 e. The molecule has 1 aromatic carbocycles. The first kappa shape index (κ1) is 12.7. The van der Waals surface area contributed by atoms with Crippen LogP contribution in [0.15, 0.2) is 24.3 Å². The van der Waals surface area contributed by atoms with Crippen molar-refractivity contribution in [2.45, 2.75) is 33.2 Å². The maximum atomic E-state index is 12.1. The van der Waals surface area contributed by atoms with Gasteiger partial charge >= 0.3 is 0 Å². The van der Waals surface area contributed by atoms with Gasteiger partial charge in [0, 0.05) is 12.2 Å². The number of benzene rings is 1. The second-order valence-electron chi connectivity index (χ2n) is 3.88. The van der Waals surface area contributed by atoms with Crippen LogP contribution in [-0.4, -0.2) is 18.5 Å². The normalized spacial score (nSPS) is 12.2. The Morgan fingerprint density at radius 3 is 2.50 bits per heavy atom. The Kier molecular flexibility index (Phi) is 4.50. The summed E-state index contributed by atoms with van der Waals surface area (Å²) in [5, 5.41) is 0. The highest BCUT2D eigenvalue weighted by molar-refractivity contribution is 5.97. The van der Waals surface area contributed by atoms with E-state index in [1.165, 1.54) is 0 Å². The molecule has 1 amide bonds. The zero-order valence-corrected chi connectivity index (χ0v) is 10.2. The minimum atomic E-state index is -0.403. The van der Waals surface area contributed by atoms with Crippen LogP contribution in [0.3, 0.4) is 0 Å². The number of likely N-dealkylation sites (N-methyl/N-ethyl adjacent to an activating group) is 1. The van der Waals surface area contributed by atoms with E-state index in [4.69, 9.17) is 5.73 Å². The van der Waals surface area contributed by atoms with Crippen molar-refractivity contribution in [2.24, 2.45) is 5.73 Å². The largest absolute Gasteiger partial charge is 0.320 e. The number of anilines is 1. The quantitative estimate of drug-likeness (QED) is 0.844. The lowest BCUT2D eigenvalue weighted by Crippen LogP contribution is -2.43. The Balaban J connectivity index is 2.99. The van der Waals surface area contributed by atoms with E-state index in [0.29, 0.717) is 13.0 Å². The van der Waals surface area contributed by atoms with Crippen LogP contribution in [0.4, 0.5) is 5.69 Å². The Morgan fingerprint density at radius 2 is 2.00 bits per heavy atom. The average molecular weight is 220 g/mol. The van der Waals surface area contributed by atoms with E-state index in [2.05, 4.69) is 0 Å². The SMILES string of the molecule is CCC(N)C(=O)N(CC)c1ccccc1C. The van der Waals surface area contributed by atoms with Crippen molar-refractivity contribution in [3.05, 3.63) is 29.8 Å². The summed E-state index contributed by atoms with van der Waals surface area (Å²) in [6.45, 7) is 6.54. The second-order valence-corrected chi connectivity index (χ2v) is 3.88. The molecule has 0 radical (unpaired) electrons. The Labute approximate surface area is 97.2 Å². The number of aryl methyl sites for hydroxylation is 1. The standard InChI is InChI=1S/C13H20N2O/c1-4-11(14)13(16)15(5-2)12-9-7-6-8-10(12)3/h6-9,11H,4-5,14H2,1-3H3. The summed E-state index contributed by atoms with van der Waals surface area (Å²) in [5.41, 5.74) is 7.84. The molecule has 88 valence electrons. The fraction of sp³-hybridized carbons (Fsp3) is 0.462. The first-order valence-electron chi connectivity index (χ1n) is 5.74. The van der Waals surface area contributed by atoms with Gasteiger partial charge in [-0.15, -0.1) is 0 Å². The number of carbonyl (C=O) groups excluding carboxylic acids is 1. The van der Waals surface area contributed by atoms with E-state index in [1.54, 1.807) is 4.90 Å². The van der Waals surface area contributed by atoms with Crippen LogP contribution in [0.1, 0.15) is 25.8 Å². The number of nitrogens with zero attached hydrogens (tertiary/aromatic N) is 1. The zero-order chi connectivity index (χ0) is 12.1. The smallest absolute Gasteiger partial charge is 0.243 e. The Hall–Kier alpha value is -1.35. The first-order valence-corrected chi connectivity index (χ1v) is 5.74. The molecule has 1 unspecified atom stereocenters. The van der Waals surface area contributed by atoms with Crippen molar-refractivity contribution in [3.8, 4) is 0 Å². The summed E-state index contributed by atoms with van der Waals surface area (Å²) in [4.78, 5) is 13.8. The number of rotatable bonds is 4. The lowest BCUT2D eigenvalue weighted by molar-refractivity contribution is -0.119. The van der Waals surface area contributed by atoms with E-state index >= 15 is 0 Å². The third-order valence-electron chi connectivity index (χ3n) is 2.75. The summed E-state index contributed by atoms with van der Waals surface area (Å²) < 4.78 is 0. The highest BCUT2D eigenvalue weighted by Crippen LogP contribution is 2.19. The number of nitrogens with two attached hydrogens (primary N) is 1. The molecule has 16 heavy (non-hydrogen) atoms. The van der Waals surface area contributed by atoms with E-state index in [1.807, 2.05) is 45.0 Å². The second kappa shape index (κ2) is 5.66. The van der Waals surface area contributed by atoms with E-state index in [-0.39, 0.29) is 5.91 Å². The third-order valence-corrected chi connectivity index (χ3v) is 2.75. The van der Waals surface area contributed by atoms with Gasteiger partial charge in [-0.2, -0.15) is 0 Å². The van der Waals surface area contributed by atoms with Crippen LogP contribution in [0.2, 0.25) is 0 Å². The predicted octanol–water partition coefficient (Wildman–Crippen LogP) is 2.09. The lowest BCUT2D eigenvalue weighted by atomic mass is 10.1. The predicted molar refractivity (Wildman–Crippen MR) is 67.5 cm³/mol. The molecule has 0 saturated heterocycles.